The largest absolute Gasteiger partial charge is 0.484 e. The Kier molecular flexibility index (Phi) is 5.03. The summed E-state index contributed by atoms with van der Waals surface area (Å²) in [6, 6.07) is 19.6. The number of anilines is 1. The average molecular weight is 386 g/mol. The lowest BCUT2D eigenvalue weighted by atomic mass is 10.1. The number of hydrogen-bond acceptors (Lipinski definition) is 5. The van der Waals surface area contributed by atoms with Gasteiger partial charge in [0.1, 0.15) is 17.4 Å². The zero-order valence-corrected chi connectivity index (χ0v) is 15.7. The van der Waals surface area contributed by atoms with E-state index in [4.69, 9.17) is 4.74 Å². The molecular weight excluding hydrogens is 368 g/mol. The molecule has 1 N–H and O–H groups in total. The van der Waals surface area contributed by atoms with Gasteiger partial charge in [0.25, 0.3) is 11.5 Å². The summed E-state index contributed by atoms with van der Waals surface area (Å²) in [5.74, 6) is 1.27. The second kappa shape index (κ2) is 7.93. The number of nitrogens with one attached hydrogen (secondary N) is 1. The maximum Gasteiger partial charge on any atom is 0.263 e. The minimum Gasteiger partial charge on any atom is -0.484 e. The van der Waals surface area contributed by atoms with Gasteiger partial charge in [-0.3, -0.25) is 14.2 Å². The Labute approximate surface area is 166 Å². The summed E-state index contributed by atoms with van der Waals surface area (Å²) >= 11 is 0. The summed E-state index contributed by atoms with van der Waals surface area (Å²) in [5, 5.41) is 3.24. The van der Waals surface area contributed by atoms with Crippen molar-refractivity contribution < 1.29 is 9.53 Å². The number of rotatable bonds is 5. The highest BCUT2D eigenvalue weighted by atomic mass is 16.5. The lowest BCUT2D eigenvalue weighted by Gasteiger charge is -2.11. The predicted molar refractivity (Wildman–Crippen MR) is 111 cm³/mol. The number of ether oxygens (including phenoxy) is 1. The van der Waals surface area contributed by atoms with Crippen molar-refractivity contribution in [2.24, 2.45) is 7.05 Å². The molecule has 0 atom stereocenters. The fourth-order valence-electron chi connectivity index (χ4n) is 2.94. The van der Waals surface area contributed by atoms with Crippen LogP contribution in [-0.2, 0) is 11.8 Å². The summed E-state index contributed by atoms with van der Waals surface area (Å²) < 4.78 is 7.05. The quantitative estimate of drug-likeness (QED) is 0.570. The molecule has 0 radical (unpaired) electrons. The van der Waals surface area contributed by atoms with E-state index in [1.165, 1.54) is 4.57 Å². The first-order valence-electron chi connectivity index (χ1n) is 9.02. The van der Waals surface area contributed by atoms with Crippen molar-refractivity contribution in [3.8, 4) is 17.1 Å². The van der Waals surface area contributed by atoms with Crippen LogP contribution in [0.5, 0.6) is 5.75 Å². The van der Waals surface area contributed by atoms with Crippen molar-refractivity contribution in [1.82, 2.24) is 14.5 Å². The first-order chi connectivity index (χ1) is 14.1. The molecule has 0 saturated carbocycles. The summed E-state index contributed by atoms with van der Waals surface area (Å²) in [7, 11) is 1.70. The lowest BCUT2D eigenvalue weighted by molar-refractivity contribution is -0.118. The molecule has 0 aliphatic rings. The fraction of sp³-hybridized carbons (Fsp3) is 0.0909. The number of carbonyl (C=O) groups excluding carboxylic acids is 1. The number of nitrogens with zero attached hydrogens (tertiary/aromatic N) is 3. The van der Waals surface area contributed by atoms with E-state index in [1.807, 2.05) is 30.3 Å². The van der Waals surface area contributed by atoms with Gasteiger partial charge in [-0.25, -0.2) is 9.97 Å². The first-order valence-corrected chi connectivity index (χ1v) is 9.02. The minimum absolute atomic E-state index is 0.0999. The number of benzene rings is 2. The molecular formula is C22H18N4O3. The highest BCUT2D eigenvalue weighted by Gasteiger charge is 2.10. The molecule has 7 nitrogen and oxygen atoms in total. The van der Waals surface area contributed by atoms with E-state index in [9.17, 15) is 9.59 Å². The van der Waals surface area contributed by atoms with Crippen LogP contribution in [0.15, 0.2) is 77.7 Å². The van der Waals surface area contributed by atoms with E-state index in [1.54, 1.807) is 49.6 Å². The fourth-order valence-corrected chi connectivity index (χ4v) is 2.94. The van der Waals surface area contributed by atoms with E-state index in [0.717, 1.165) is 5.56 Å². The molecule has 0 aliphatic heterocycles. The van der Waals surface area contributed by atoms with Gasteiger partial charge in [-0.05, 0) is 48.5 Å². The van der Waals surface area contributed by atoms with Crippen molar-refractivity contribution in [2.45, 2.75) is 0 Å². The van der Waals surface area contributed by atoms with Crippen LogP contribution in [0, 0.1) is 0 Å². The smallest absolute Gasteiger partial charge is 0.263 e. The zero-order chi connectivity index (χ0) is 20.2. The molecule has 2 heterocycles. The van der Waals surface area contributed by atoms with Gasteiger partial charge in [0.15, 0.2) is 6.61 Å². The molecule has 0 bridgehead atoms. The molecule has 2 aromatic carbocycles. The third kappa shape index (κ3) is 3.98. The summed E-state index contributed by atoms with van der Waals surface area (Å²) in [4.78, 5) is 33.2. The maximum absolute atomic E-state index is 12.6. The van der Waals surface area contributed by atoms with E-state index < -0.39 is 0 Å². The van der Waals surface area contributed by atoms with Gasteiger partial charge in [-0.1, -0.05) is 18.2 Å². The third-order valence-corrected chi connectivity index (χ3v) is 4.40. The molecule has 4 aromatic rings. The first kappa shape index (κ1) is 18.4. The van der Waals surface area contributed by atoms with Gasteiger partial charge in [-0.2, -0.15) is 0 Å². The SMILES string of the molecule is Cn1c(-c2ccc(OCC(=O)Nc3ccccn3)cc2)nc2ccccc2c1=O. The molecule has 0 unspecified atom stereocenters. The van der Waals surface area contributed by atoms with E-state index in [2.05, 4.69) is 15.3 Å². The second-order valence-electron chi connectivity index (χ2n) is 6.39. The number of amides is 1. The predicted octanol–water partition coefficient (Wildman–Crippen LogP) is 3.01. The van der Waals surface area contributed by atoms with E-state index >= 15 is 0 Å². The molecule has 1 amide bonds. The van der Waals surface area contributed by atoms with Gasteiger partial charge < -0.3 is 10.1 Å². The molecule has 7 heteroatoms. The summed E-state index contributed by atoms with van der Waals surface area (Å²) in [5.41, 5.74) is 1.33. The molecule has 0 fully saturated rings. The highest BCUT2D eigenvalue weighted by molar-refractivity contribution is 5.90. The van der Waals surface area contributed by atoms with Crippen LogP contribution in [0.4, 0.5) is 5.82 Å². The number of fused-ring (bicyclic) bond motifs is 1. The number of para-hydroxylation sites is 1. The van der Waals surface area contributed by atoms with Crippen molar-refractivity contribution >= 4 is 22.6 Å². The van der Waals surface area contributed by atoms with Gasteiger partial charge in [0.05, 0.1) is 10.9 Å². The molecule has 0 saturated heterocycles. The molecule has 144 valence electrons. The van der Waals surface area contributed by atoms with Gasteiger partial charge in [-0.15, -0.1) is 0 Å². The van der Waals surface area contributed by atoms with Crippen LogP contribution in [0.1, 0.15) is 0 Å². The number of aromatic nitrogens is 3. The Morgan fingerprint density at radius 1 is 1.03 bits per heavy atom. The van der Waals surface area contributed by atoms with Crippen molar-refractivity contribution in [3.63, 3.8) is 0 Å². The van der Waals surface area contributed by atoms with Crippen LogP contribution in [0.25, 0.3) is 22.3 Å². The molecule has 4 rings (SSSR count). The topological polar surface area (TPSA) is 86.1 Å². The van der Waals surface area contributed by atoms with Gasteiger partial charge in [0.2, 0.25) is 0 Å². The van der Waals surface area contributed by atoms with Gasteiger partial charge in [0, 0.05) is 18.8 Å². The second-order valence-corrected chi connectivity index (χ2v) is 6.39. The van der Waals surface area contributed by atoms with Crippen molar-refractivity contribution in [1.29, 1.82) is 0 Å². The van der Waals surface area contributed by atoms with E-state index in [-0.39, 0.29) is 18.1 Å². The van der Waals surface area contributed by atoms with Crippen molar-refractivity contribution in [2.75, 3.05) is 11.9 Å². The normalized spacial score (nSPS) is 10.7. The number of pyridine rings is 1. The maximum atomic E-state index is 12.6. The van der Waals surface area contributed by atoms with Crippen LogP contribution >= 0.6 is 0 Å². The minimum atomic E-state index is -0.300. The third-order valence-electron chi connectivity index (χ3n) is 4.40. The molecule has 2 aromatic heterocycles. The Balaban J connectivity index is 1.48. The van der Waals surface area contributed by atoms with Crippen LogP contribution in [-0.4, -0.2) is 27.0 Å². The monoisotopic (exact) mass is 386 g/mol. The highest BCUT2D eigenvalue weighted by Crippen LogP contribution is 2.21. The van der Waals surface area contributed by atoms with E-state index in [0.29, 0.717) is 28.3 Å². The summed E-state index contributed by atoms with van der Waals surface area (Å²) in [6.07, 6.45) is 1.60. The molecule has 0 aliphatic carbocycles. The lowest BCUT2D eigenvalue weighted by Crippen LogP contribution is -2.21. The molecule has 0 spiro atoms. The van der Waals surface area contributed by atoms with Crippen LogP contribution in [0.3, 0.4) is 0 Å². The number of hydrogen-bond donors (Lipinski definition) is 1. The Bertz CT molecular complexity index is 1220. The molecule has 29 heavy (non-hydrogen) atoms. The Hall–Kier alpha value is -4.00. The zero-order valence-electron chi connectivity index (χ0n) is 15.7. The van der Waals surface area contributed by atoms with Gasteiger partial charge >= 0.3 is 0 Å². The standard InChI is InChI=1S/C22H18N4O3/c1-26-21(24-18-7-3-2-6-17(18)22(26)28)15-9-11-16(12-10-15)29-14-20(27)25-19-8-4-5-13-23-19/h2-13H,14H2,1H3,(H,23,25,27). The van der Waals surface area contributed by atoms with Crippen LogP contribution in [0.2, 0.25) is 0 Å². The summed E-state index contributed by atoms with van der Waals surface area (Å²) in [6.45, 7) is -0.136. The average Bonchev–Trinajstić information content (AvgIpc) is 2.76. The van der Waals surface area contributed by atoms with Crippen LogP contribution < -0.4 is 15.6 Å². The Morgan fingerprint density at radius 2 is 1.79 bits per heavy atom. The van der Waals surface area contributed by atoms with Crippen molar-refractivity contribution in [3.05, 3.63) is 83.3 Å². The number of carbonyl (C=O) groups is 1. The Morgan fingerprint density at radius 3 is 2.55 bits per heavy atom.